The summed E-state index contributed by atoms with van der Waals surface area (Å²) in [6.07, 6.45) is 0. The molecule has 1 N–H and O–H groups in total. The van der Waals surface area contributed by atoms with Crippen molar-refractivity contribution in [2.75, 3.05) is 0 Å². The monoisotopic (exact) mass is 270 g/mol. The lowest BCUT2D eigenvalue weighted by atomic mass is 10.1. The number of carbonyl (C=O) groups is 3. The minimum absolute atomic E-state index is 0.00850. The van der Waals surface area contributed by atoms with Crippen LogP contribution in [0, 0.1) is 0 Å². The fourth-order valence-corrected chi connectivity index (χ4v) is 1.56. The summed E-state index contributed by atoms with van der Waals surface area (Å²) in [5.74, 6) is -2.83. The van der Waals surface area contributed by atoms with Gasteiger partial charge in [0.05, 0.1) is 16.7 Å². The van der Waals surface area contributed by atoms with Gasteiger partial charge in [-0.25, -0.2) is 14.4 Å². The Morgan fingerprint density at radius 3 is 1.95 bits per heavy atom. The Kier molecular flexibility index (Phi) is 3.91. The zero-order chi connectivity index (χ0) is 14.5. The number of hydrogen-bond acceptors (Lipinski definition) is 4. The summed E-state index contributed by atoms with van der Waals surface area (Å²) in [5, 5.41) is 8.83. The van der Waals surface area contributed by atoms with E-state index in [1.165, 1.54) is 30.3 Å². The fraction of sp³-hybridized carbons (Fsp3) is 0. The van der Waals surface area contributed by atoms with Gasteiger partial charge in [0.2, 0.25) is 0 Å². The molecule has 5 heteroatoms. The lowest BCUT2D eigenvalue weighted by molar-refractivity contribution is 0.0397. The molecule has 0 saturated heterocycles. The lowest BCUT2D eigenvalue weighted by Crippen LogP contribution is -2.13. The van der Waals surface area contributed by atoms with Gasteiger partial charge in [0, 0.05) is 0 Å². The van der Waals surface area contributed by atoms with E-state index in [9.17, 15) is 14.4 Å². The van der Waals surface area contributed by atoms with Gasteiger partial charge in [-0.3, -0.25) is 0 Å². The third kappa shape index (κ3) is 3.08. The highest BCUT2D eigenvalue weighted by Gasteiger charge is 2.15. The second-order valence-corrected chi connectivity index (χ2v) is 3.93. The second-order valence-electron chi connectivity index (χ2n) is 3.93. The third-order valence-electron chi connectivity index (χ3n) is 2.54. The summed E-state index contributed by atoms with van der Waals surface area (Å²) in [4.78, 5) is 34.3. The van der Waals surface area contributed by atoms with E-state index in [0.29, 0.717) is 0 Å². The predicted octanol–water partition coefficient (Wildman–Crippen LogP) is 2.38. The number of benzene rings is 2. The van der Waals surface area contributed by atoms with E-state index in [1.54, 1.807) is 18.2 Å². The van der Waals surface area contributed by atoms with Crippen LogP contribution < -0.4 is 0 Å². The van der Waals surface area contributed by atoms with Crippen LogP contribution in [-0.2, 0) is 4.74 Å². The molecule has 0 aliphatic heterocycles. The molecule has 0 unspecified atom stereocenters. The topological polar surface area (TPSA) is 80.7 Å². The van der Waals surface area contributed by atoms with E-state index in [4.69, 9.17) is 5.11 Å². The Labute approximate surface area is 114 Å². The van der Waals surface area contributed by atoms with Crippen molar-refractivity contribution < 1.29 is 24.2 Å². The fourth-order valence-electron chi connectivity index (χ4n) is 1.56. The van der Waals surface area contributed by atoms with Crippen LogP contribution in [0.4, 0.5) is 0 Å². The van der Waals surface area contributed by atoms with Crippen molar-refractivity contribution >= 4 is 17.9 Å². The molecule has 0 atom stereocenters. The number of carbonyl (C=O) groups excluding carboxylic acids is 2. The number of carboxylic acid groups (broad SMARTS) is 1. The molecule has 0 radical (unpaired) electrons. The SMILES string of the molecule is O=C(O)c1cccc(C(=O)OC(=O)c2ccccc2)c1. The predicted molar refractivity (Wildman–Crippen MR) is 69.6 cm³/mol. The first-order valence-electron chi connectivity index (χ1n) is 5.73. The molecule has 2 aromatic carbocycles. The highest BCUT2D eigenvalue weighted by atomic mass is 16.6. The van der Waals surface area contributed by atoms with E-state index in [0.717, 1.165) is 6.07 Å². The quantitative estimate of drug-likeness (QED) is 0.684. The molecule has 0 aliphatic carbocycles. The van der Waals surface area contributed by atoms with Crippen LogP contribution in [0.2, 0.25) is 0 Å². The molecule has 0 aromatic heterocycles. The molecule has 0 saturated carbocycles. The molecule has 2 rings (SSSR count). The normalized spacial score (nSPS) is 9.80. The molecule has 100 valence electrons. The number of ether oxygens (including phenoxy) is 1. The Morgan fingerprint density at radius 2 is 1.30 bits per heavy atom. The van der Waals surface area contributed by atoms with Gasteiger partial charge < -0.3 is 9.84 Å². The largest absolute Gasteiger partial charge is 0.478 e. The van der Waals surface area contributed by atoms with E-state index >= 15 is 0 Å². The van der Waals surface area contributed by atoms with E-state index in [2.05, 4.69) is 4.74 Å². The molecule has 0 aliphatic rings. The first kappa shape index (κ1) is 13.5. The van der Waals surface area contributed by atoms with Crippen molar-refractivity contribution in [1.82, 2.24) is 0 Å². The third-order valence-corrected chi connectivity index (χ3v) is 2.54. The number of carboxylic acids is 1. The van der Waals surface area contributed by atoms with Gasteiger partial charge in [0.1, 0.15) is 0 Å². The Hall–Kier alpha value is -2.95. The molecule has 20 heavy (non-hydrogen) atoms. The maximum atomic E-state index is 11.8. The average Bonchev–Trinajstić information content (AvgIpc) is 2.48. The summed E-state index contributed by atoms with van der Waals surface area (Å²) in [5.41, 5.74) is 0.205. The first-order chi connectivity index (χ1) is 9.58. The van der Waals surface area contributed by atoms with Crippen molar-refractivity contribution in [3.8, 4) is 0 Å². The van der Waals surface area contributed by atoms with Gasteiger partial charge in [0.25, 0.3) is 0 Å². The average molecular weight is 270 g/mol. The summed E-state index contributed by atoms with van der Waals surface area (Å²) < 4.78 is 4.69. The number of esters is 2. The van der Waals surface area contributed by atoms with Crippen LogP contribution in [0.15, 0.2) is 54.6 Å². The van der Waals surface area contributed by atoms with Crippen LogP contribution in [0.3, 0.4) is 0 Å². The van der Waals surface area contributed by atoms with Gasteiger partial charge in [-0.15, -0.1) is 0 Å². The number of rotatable bonds is 3. The minimum Gasteiger partial charge on any atom is -0.478 e. The van der Waals surface area contributed by atoms with Gasteiger partial charge in [0.15, 0.2) is 0 Å². The lowest BCUT2D eigenvalue weighted by Gasteiger charge is -2.03. The summed E-state index contributed by atoms with van der Waals surface area (Å²) >= 11 is 0. The maximum Gasteiger partial charge on any atom is 0.346 e. The second kappa shape index (κ2) is 5.79. The highest BCUT2D eigenvalue weighted by molar-refractivity contribution is 6.03. The van der Waals surface area contributed by atoms with E-state index in [1.807, 2.05) is 0 Å². The maximum absolute atomic E-state index is 11.8. The molecule has 0 amide bonds. The van der Waals surface area contributed by atoms with E-state index < -0.39 is 17.9 Å². The van der Waals surface area contributed by atoms with Crippen LogP contribution in [-0.4, -0.2) is 23.0 Å². The number of hydrogen-bond donors (Lipinski definition) is 1. The summed E-state index contributed by atoms with van der Waals surface area (Å²) in [6.45, 7) is 0. The van der Waals surface area contributed by atoms with Crippen molar-refractivity contribution in [1.29, 1.82) is 0 Å². The molecule has 2 aromatic rings. The van der Waals surface area contributed by atoms with E-state index in [-0.39, 0.29) is 16.7 Å². The molecule has 0 heterocycles. The molecule has 0 bridgehead atoms. The van der Waals surface area contributed by atoms with Crippen molar-refractivity contribution in [2.45, 2.75) is 0 Å². The summed E-state index contributed by atoms with van der Waals surface area (Å²) in [7, 11) is 0. The van der Waals surface area contributed by atoms with Crippen LogP contribution in [0.5, 0.6) is 0 Å². The molecule has 5 nitrogen and oxygen atoms in total. The number of aromatic carboxylic acids is 1. The highest BCUT2D eigenvalue weighted by Crippen LogP contribution is 2.09. The van der Waals surface area contributed by atoms with Crippen molar-refractivity contribution in [2.24, 2.45) is 0 Å². The van der Waals surface area contributed by atoms with Crippen LogP contribution >= 0.6 is 0 Å². The van der Waals surface area contributed by atoms with Gasteiger partial charge in [-0.1, -0.05) is 24.3 Å². The van der Waals surface area contributed by atoms with Crippen LogP contribution in [0.25, 0.3) is 0 Å². The zero-order valence-corrected chi connectivity index (χ0v) is 10.3. The molecule has 0 fully saturated rings. The Bertz CT molecular complexity index is 661. The van der Waals surface area contributed by atoms with Gasteiger partial charge in [-0.2, -0.15) is 0 Å². The molecular formula is C15H10O5. The van der Waals surface area contributed by atoms with Crippen LogP contribution in [0.1, 0.15) is 31.1 Å². The Morgan fingerprint density at radius 1 is 0.750 bits per heavy atom. The molecular weight excluding hydrogens is 260 g/mol. The van der Waals surface area contributed by atoms with Gasteiger partial charge >= 0.3 is 17.9 Å². The molecule has 0 spiro atoms. The van der Waals surface area contributed by atoms with Crippen molar-refractivity contribution in [3.05, 3.63) is 71.3 Å². The Balaban J connectivity index is 2.15. The van der Waals surface area contributed by atoms with Gasteiger partial charge in [-0.05, 0) is 30.3 Å². The van der Waals surface area contributed by atoms with Crippen molar-refractivity contribution in [3.63, 3.8) is 0 Å². The first-order valence-corrected chi connectivity index (χ1v) is 5.73. The standard InChI is InChI=1S/C15H10O5/c16-13(17)11-7-4-8-12(9-11)15(19)20-14(18)10-5-2-1-3-6-10/h1-9H,(H,16,17). The smallest absolute Gasteiger partial charge is 0.346 e. The zero-order valence-electron chi connectivity index (χ0n) is 10.3. The summed E-state index contributed by atoms with van der Waals surface area (Å²) in [6, 6.07) is 13.3. The minimum atomic E-state index is -1.16.